The van der Waals surface area contributed by atoms with Crippen molar-refractivity contribution < 1.29 is 5.11 Å². The molecule has 0 spiro atoms. The molecule has 1 aliphatic carbocycles. The van der Waals surface area contributed by atoms with Crippen LogP contribution in [0.25, 0.3) is 0 Å². The summed E-state index contributed by atoms with van der Waals surface area (Å²) < 4.78 is 0. The molecule has 18 heavy (non-hydrogen) atoms. The molecule has 2 nitrogen and oxygen atoms in total. The van der Waals surface area contributed by atoms with Gasteiger partial charge in [0, 0.05) is 17.3 Å². The van der Waals surface area contributed by atoms with Crippen LogP contribution in [0, 0.1) is 25.7 Å². The summed E-state index contributed by atoms with van der Waals surface area (Å²) in [5, 5.41) is 13.7. The minimum atomic E-state index is 0.427. The van der Waals surface area contributed by atoms with E-state index in [9.17, 15) is 5.11 Å². The molecule has 0 aromatic heterocycles. The number of phenolic OH excluding ortho intramolecular Hbond substituents is 1. The molecule has 1 aromatic carbocycles. The van der Waals surface area contributed by atoms with Gasteiger partial charge in [0.05, 0.1) is 0 Å². The van der Waals surface area contributed by atoms with Gasteiger partial charge < -0.3 is 10.4 Å². The maximum atomic E-state index is 10.0. The van der Waals surface area contributed by atoms with Crippen molar-refractivity contribution >= 4 is 5.69 Å². The smallest absolute Gasteiger partial charge is 0.123 e. The van der Waals surface area contributed by atoms with Crippen LogP contribution in [0.5, 0.6) is 5.75 Å². The predicted molar refractivity (Wildman–Crippen MR) is 77.2 cm³/mol. The Bertz CT molecular complexity index is 417. The Morgan fingerprint density at radius 1 is 1.11 bits per heavy atom. The van der Waals surface area contributed by atoms with Crippen LogP contribution < -0.4 is 5.32 Å². The van der Waals surface area contributed by atoms with E-state index in [1.165, 1.54) is 19.3 Å². The van der Waals surface area contributed by atoms with Crippen molar-refractivity contribution in [2.75, 3.05) is 5.32 Å². The molecule has 1 saturated carbocycles. The monoisotopic (exact) mass is 247 g/mol. The molecule has 2 heteroatoms. The van der Waals surface area contributed by atoms with Crippen LogP contribution in [-0.4, -0.2) is 11.1 Å². The summed E-state index contributed by atoms with van der Waals surface area (Å²) >= 11 is 0. The third kappa shape index (κ3) is 2.47. The maximum Gasteiger partial charge on any atom is 0.123 e. The Kier molecular flexibility index (Phi) is 3.84. The van der Waals surface area contributed by atoms with Crippen molar-refractivity contribution in [3.8, 4) is 5.75 Å². The highest BCUT2D eigenvalue weighted by molar-refractivity contribution is 5.59. The minimum Gasteiger partial charge on any atom is -0.507 e. The molecule has 0 heterocycles. The third-order valence-corrected chi connectivity index (χ3v) is 4.50. The number of rotatable bonds is 2. The molecule has 0 radical (unpaired) electrons. The average molecular weight is 247 g/mol. The van der Waals surface area contributed by atoms with Gasteiger partial charge in [0.15, 0.2) is 0 Å². The van der Waals surface area contributed by atoms with Crippen LogP contribution in [0.4, 0.5) is 5.69 Å². The first kappa shape index (κ1) is 13.3. The number of aryl methyl sites for hydroxylation is 1. The van der Waals surface area contributed by atoms with Gasteiger partial charge in [-0.15, -0.1) is 0 Å². The minimum absolute atomic E-state index is 0.427. The fourth-order valence-corrected chi connectivity index (χ4v) is 3.14. The van der Waals surface area contributed by atoms with E-state index in [4.69, 9.17) is 0 Å². The standard InChI is InChI=1S/C16H25NO/c1-10-6-5-7-11(2)15(10)17-14-9-8-12(3)16(18)13(14)4/h8-11,15,17-18H,5-7H2,1-4H3. The molecule has 2 rings (SSSR count). The van der Waals surface area contributed by atoms with Gasteiger partial charge in [-0.1, -0.05) is 26.3 Å². The number of aromatic hydroxyl groups is 1. The van der Waals surface area contributed by atoms with Crippen LogP contribution in [0.15, 0.2) is 12.1 Å². The van der Waals surface area contributed by atoms with Crippen molar-refractivity contribution in [3.63, 3.8) is 0 Å². The first-order chi connectivity index (χ1) is 8.50. The molecule has 2 atom stereocenters. The number of hydrogen-bond acceptors (Lipinski definition) is 2. The Labute approximate surface area is 110 Å². The van der Waals surface area contributed by atoms with E-state index in [2.05, 4.69) is 25.2 Å². The average Bonchev–Trinajstić information content (AvgIpc) is 2.34. The molecule has 2 unspecified atom stereocenters. The fraction of sp³-hybridized carbons (Fsp3) is 0.625. The molecular weight excluding hydrogens is 222 g/mol. The fourth-order valence-electron chi connectivity index (χ4n) is 3.14. The van der Waals surface area contributed by atoms with Crippen molar-refractivity contribution in [3.05, 3.63) is 23.3 Å². The molecule has 1 fully saturated rings. The quantitative estimate of drug-likeness (QED) is 0.819. The van der Waals surface area contributed by atoms with E-state index in [0.717, 1.165) is 16.8 Å². The molecule has 0 bridgehead atoms. The van der Waals surface area contributed by atoms with Gasteiger partial charge in [-0.25, -0.2) is 0 Å². The Morgan fingerprint density at radius 3 is 2.33 bits per heavy atom. The molecule has 1 aromatic rings. The maximum absolute atomic E-state index is 10.0. The number of phenols is 1. The first-order valence-electron chi connectivity index (χ1n) is 7.06. The number of nitrogens with one attached hydrogen (secondary N) is 1. The third-order valence-electron chi connectivity index (χ3n) is 4.50. The second-order valence-corrected chi connectivity index (χ2v) is 5.96. The molecule has 0 saturated heterocycles. The highest BCUT2D eigenvalue weighted by Crippen LogP contribution is 2.34. The summed E-state index contributed by atoms with van der Waals surface area (Å²) in [5.41, 5.74) is 3.01. The Hall–Kier alpha value is -1.18. The predicted octanol–water partition coefficient (Wildman–Crippen LogP) is 4.25. The lowest BCUT2D eigenvalue weighted by atomic mass is 9.78. The lowest BCUT2D eigenvalue weighted by Gasteiger charge is -2.36. The van der Waals surface area contributed by atoms with Crippen LogP contribution >= 0.6 is 0 Å². The van der Waals surface area contributed by atoms with Crippen LogP contribution in [0.1, 0.15) is 44.2 Å². The van der Waals surface area contributed by atoms with E-state index >= 15 is 0 Å². The van der Waals surface area contributed by atoms with Crippen molar-refractivity contribution in [2.24, 2.45) is 11.8 Å². The van der Waals surface area contributed by atoms with E-state index in [0.29, 0.717) is 23.6 Å². The van der Waals surface area contributed by atoms with Gasteiger partial charge >= 0.3 is 0 Å². The highest BCUT2D eigenvalue weighted by Gasteiger charge is 2.27. The summed E-state index contributed by atoms with van der Waals surface area (Å²) in [6.07, 6.45) is 3.95. The summed E-state index contributed by atoms with van der Waals surface area (Å²) in [4.78, 5) is 0. The SMILES string of the molecule is Cc1ccc(NC2C(C)CCCC2C)c(C)c1O. The van der Waals surface area contributed by atoms with E-state index < -0.39 is 0 Å². The second-order valence-electron chi connectivity index (χ2n) is 5.96. The summed E-state index contributed by atoms with van der Waals surface area (Å²) in [7, 11) is 0. The Morgan fingerprint density at radius 2 is 1.72 bits per heavy atom. The second kappa shape index (κ2) is 5.21. The molecular formula is C16H25NO. The molecule has 2 N–H and O–H groups in total. The van der Waals surface area contributed by atoms with Gasteiger partial charge in [-0.2, -0.15) is 0 Å². The van der Waals surface area contributed by atoms with Gasteiger partial charge in [0.1, 0.15) is 5.75 Å². The van der Waals surface area contributed by atoms with E-state index in [-0.39, 0.29) is 0 Å². The number of hydrogen-bond donors (Lipinski definition) is 2. The molecule has 100 valence electrons. The molecule has 0 aliphatic heterocycles. The van der Waals surface area contributed by atoms with E-state index in [1.807, 2.05) is 19.9 Å². The zero-order valence-electron chi connectivity index (χ0n) is 12.0. The molecule has 0 amide bonds. The van der Waals surface area contributed by atoms with E-state index in [1.54, 1.807) is 0 Å². The summed E-state index contributed by atoms with van der Waals surface area (Å²) in [6, 6.07) is 4.61. The molecule has 1 aliphatic rings. The van der Waals surface area contributed by atoms with Crippen molar-refractivity contribution in [1.29, 1.82) is 0 Å². The zero-order valence-corrected chi connectivity index (χ0v) is 12.0. The lowest BCUT2D eigenvalue weighted by Crippen LogP contribution is -2.37. The van der Waals surface area contributed by atoms with Crippen LogP contribution in [0.2, 0.25) is 0 Å². The van der Waals surface area contributed by atoms with Crippen LogP contribution in [0.3, 0.4) is 0 Å². The summed E-state index contributed by atoms with van der Waals surface area (Å²) in [5.74, 6) is 1.84. The topological polar surface area (TPSA) is 32.3 Å². The van der Waals surface area contributed by atoms with Crippen LogP contribution in [-0.2, 0) is 0 Å². The number of benzene rings is 1. The normalized spacial score (nSPS) is 28.1. The highest BCUT2D eigenvalue weighted by atomic mass is 16.3. The first-order valence-corrected chi connectivity index (χ1v) is 7.06. The van der Waals surface area contributed by atoms with Gasteiger partial charge in [0.2, 0.25) is 0 Å². The largest absolute Gasteiger partial charge is 0.507 e. The Balaban J connectivity index is 2.20. The van der Waals surface area contributed by atoms with Gasteiger partial charge in [0.25, 0.3) is 0 Å². The van der Waals surface area contributed by atoms with Crippen molar-refractivity contribution in [1.82, 2.24) is 0 Å². The van der Waals surface area contributed by atoms with Gasteiger partial charge in [-0.3, -0.25) is 0 Å². The summed E-state index contributed by atoms with van der Waals surface area (Å²) in [6.45, 7) is 8.59. The van der Waals surface area contributed by atoms with Crippen molar-refractivity contribution in [2.45, 2.75) is 53.0 Å². The number of anilines is 1. The zero-order chi connectivity index (χ0) is 13.3. The lowest BCUT2D eigenvalue weighted by molar-refractivity contribution is 0.268. The van der Waals surface area contributed by atoms with Gasteiger partial charge in [-0.05, 0) is 50.2 Å².